The summed E-state index contributed by atoms with van der Waals surface area (Å²) in [5, 5.41) is 23.7. The Balaban J connectivity index is 1.57. The summed E-state index contributed by atoms with van der Waals surface area (Å²) >= 11 is 8.77. The highest BCUT2D eigenvalue weighted by atomic mass is 35.5. The molecule has 0 aliphatic rings. The Morgan fingerprint density at radius 3 is 2.79 bits per heavy atom. The van der Waals surface area contributed by atoms with Crippen molar-refractivity contribution in [3.05, 3.63) is 51.1 Å². The molecule has 0 spiro atoms. The maximum absolute atomic E-state index is 12.1. The topological polar surface area (TPSA) is 92.8 Å². The van der Waals surface area contributed by atoms with Crippen LogP contribution in [0.25, 0.3) is 0 Å². The lowest BCUT2D eigenvalue weighted by atomic mass is 10.1. The number of aryl methyl sites for hydroxylation is 2. The van der Waals surface area contributed by atoms with Gasteiger partial charge in [0.2, 0.25) is 5.91 Å². The predicted octanol–water partition coefficient (Wildman–Crippen LogP) is 4.33. The van der Waals surface area contributed by atoms with E-state index < -0.39 is 0 Å². The minimum atomic E-state index is -0.207. The van der Waals surface area contributed by atoms with Crippen LogP contribution in [0.3, 0.4) is 0 Å². The average Bonchev–Trinajstić information content (AvgIpc) is 3.28. The number of hydrogen-bond acceptors (Lipinski definition) is 7. The number of hydrogen-bond donors (Lipinski definition) is 1. The zero-order valence-electron chi connectivity index (χ0n) is 16.0. The SMILES string of the molecule is Cc1cc(OCc2nnc(SCC(=O)Nc3sccc3C#N)n2C)cc(C)c1Cl. The molecular weight excluding hydrogens is 430 g/mol. The van der Waals surface area contributed by atoms with Crippen LogP contribution in [0.2, 0.25) is 5.02 Å². The van der Waals surface area contributed by atoms with Crippen molar-refractivity contribution in [2.45, 2.75) is 25.6 Å². The van der Waals surface area contributed by atoms with Crippen LogP contribution in [0.1, 0.15) is 22.5 Å². The van der Waals surface area contributed by atoms with Crippen molar-refractivity contribution in [2.75, 3.05) is 11.1 Å². The Morgan fingerprint density at radius 2 is 2.10 bits per heavy atom. The summed E-state index contributed by atoms with van der Waals surface area (Å²) in [6.45, 7) is 4.11. The fourth-order valence-electron chi connectivity index (χ4n) is 2.52. The van der Waals surface area contributed by atoms with Gasteiger partial charge in [0.15, 0.2) is 11.0 Å². The zero-order valence-corrected chi connectivity index (χ0v) is 18.4. The highest BCUT2D eigenvalue weighted by Gasteiger charge is 2.14. The van der Waals surface area contributed by atoms with Gasteiger partial charge in [-0.3, -0.25) is 4.79 Å². The molecule has 3 rings (SSSR count). The minimum absolute atomic E-state index is 0.158. The van der Waals surface area contributed by atoms with Gasteiger partial charge in [0.1, 0.15) is 23.4 Å². The summed E-state index contributed by atoms with van der Waals surface area (Å²) in [7, 11) is 1.82. The van der Waals surface area contributed by atoms with E-state index >= 15 is 0 Å². The Hall–Kier alpha value is -2.54. The number of aromatic nitrogens is 3. The van der Waals surface area contributed by atoms with E-state index in [1.807, 2.05) is 39.1 Å². The summed E-state index contributed by atoms with van der Waals surface area (Å²) in [4.78, 5) is 12.1. The molecule has 10 heteroatoms. The number of anilines is 1. The Labute approximate surface area is 181 Å². The lowest BCUT2D eigenvalue weighted by Gasteiger charge is -2.10. The lowest BCUT2D eigenvalue weighted by Crippen LogP contribution is -2.14. The van der Waals surface area contributed by atoms with E-state index in [1.54, 1.807) is 16.0 Å². The summed E-state index contributed by atoms with van der Waals surface area (Å²) < 4.78 is 7.62. The number of benzene rings is 1. The first-order valence-electron chi connectivity index (χ1n) is 8.57. The summed E-state index contributed by atoms with van der Waals surface area (Å²) in [5.74, 6) is 1.31. The number of nitriles is 1. The molecule has 1 N–H and O–H groups in total. The number of amides is 1. The Bertz CT molecular complexity index is 1060. The van der Waals surface area contributed by atoms with Gasteiger partial charge in [-0.1, -0.05) is 23.4 Å². The van der Waals surface area contributed by atoms with Gasteiger partial charge in [0, 0.05) is 12.1 Å². The second kappa shape index (κ2) is 9.31. The van der Waals surface area contributed by atoms with Gasteiger partial charge < -0.3 is 14.6 Å². The summed E-state index contributed by atoms with van der Waals surface area (Å²) in [6, 6.07) is 7.48. The molecule has 0 radical (unpaired) electrons. The average molecular weight is 448 g/mol. The number of thioether (sulfide) groups is 1. The maximum Gasteiger partial charge on any atom is 0.235 e. The van der Waals surface area contributed by atoms with Gasteiger partial charge in [0.05, 0.1) is 11.3 Å². The molecule has 0 bridgehead atoms. The van der Waals surface area contributed by atoms with Gasteiger partial charge in [0.25, 0.3) is 0 Å². The van der Waals surface area contributed by atoms with Crippen LogP contribution in [0.15, 0.2) is 28.7 Å². The quantitative estimate of drug-likeness (QED) is 0.542. The molecule has 0 atom stereocenters. The van der Waals surface area contributed by atoms with E-state index in [1.165, 1.54) is 23.1 Å². The number of carbonyl (C=O) groups excluding carboxylic acids is 1. The molecule has 1 aromatic carbocycles. The van der Waals surface area contributed by atoms with Gasteiger partial charge >= 0.3 is 0 Å². The highest BCUT2D eigenvalue weighted by molar-refractivity contribution is 7.99. The van der Waals surface area contributed by atoms with Gasteiger partial charge in [-0.2, -0.15) is 5.26 Å². The molecule has 7 nitrogen and oxygen atoms in total. The summed E-state index contributed by atoms with van der Waals surface area (Å²) in [5.41, 5.74) is 2.36. The van der Waals surface area contributed by atoms with Crippen LogP contribution >= 0.6 is 34.7 Å². The van der Waals surface area contributed by atoms with Crippen molar-refractivity contribution in [3.63, 3.8) is 0 Å². The van der Waals surface area contributed by atoms with Crippen molar-refractivity contribution in [2.24, 2.45) is 7.05 Å². The van der Waals surface area contributed by atoms with Crippen molar-refractivity contribution >= 4 is 45.6 Å². The van der Waals surface area contributed by atoms with Gasteiger partial charge in [-0.05, 0) is 48.6 Å². The number of nitrogens with one attached hydrogen (secondary N) is 1. The smallest absolute Gasteiger partial charge is 0.235 e. The molecule has 3 aromatic rings. The molecule has 0 saturated heterocycles. The standard InChI is InChI=1S/C19H18ClN5O2S2/c1-11-6-14(7-12(2)17(11)20)27-9-15-23-24-19(25(15)3)29-10-16(26)22-18-13(8-21)4-5-28-18/h4-7H,9-10H2,1-3H3,(H,22,26). The molecule has 2 aromatic heterocycles. The van der Waals surface area contributed by atoms with Gasteiger partial charge in [-0.25, -0.2) is 0 Å². The van der Waals surface area contributed by atoms with E-state index in [4.69, 9.17) is 21.6 Å². The van der Waals surface area contributed by atoms with Crippen LogP contribution in [-0.2, 0) is 18.4 Å². The highest BCUT2D eigenvalue weighted by Crippen LogP contribution is 2.27. The monoisotopic (exact) mass is 447 g/mol. The molecule has 0 unspecified atom stereocenters. The molecule has 0 aliphatic heterocycles. The number of rotatable bonds is 7. The largest absolute Gasteiger partial charge is 0.486 e. The van der Waals surface area contributed by atoms with Crippen molar-refractivity contribution in [3.8, 4) is 11.8 Å². The van der Waals surface area contributed by atoms with E-state index in [-0.39, 0.29) is 18.3 Å². The molecule has 1 amide bonds. The first-order valence-corrected chi connectivity index (χ1v) is 10.8. The first-order chi connectivity index (χ1) is 13.9. The normalized spacial score (nSPS) is 10.6. The number of halogens is 1. The van der Waals surface area contributed by atoms with Crippen LogP contribution in [0, 0.1) is 25.2 Å². The maximum atomic E-state index is 12.1. The van der Waals surface area contributed by atoms with E-state index in [9.17, 15) is 4.79 Å². The summed E-state index contributed by atoms with van der Waals surface area (Å²) in [6.07, 6.45) is 0. The van der Waals surface area contributed by atoms with Crippen molar-refractivity contribution < 1.29 is 9.53 Å². The molecule has 0 saturated carbocycles. The number of nitrogens with zero attached hydrogens (tertiary/aromatic N) is 4. The zero-order chi connectivity index (χ0) is 21.0. The molecule has 0 aliphatic carbocycles. The Kier molecular flexibility index (Phi) is 6.79. The molecule has 0 fully saturated rings. The number of ether oxygens (including phenoxy) is 1. The van der Waals surface area contributed by atoms with E-state index in [2.05, 4.69) is 15.5 Å². The van der Waals surface area contributed by atoms with E-state index in [0.717, 1.165) is 16.1 Å². The third-order valence-electron chi connectivity index (χ3n) is 4.07. The van der Waals surface area contributed by atoms with Crippen LogP contribution in [0.4, 0.5) is 5.00 Å². The second-order valence-electron chi connectivity index (χ2n) is 6.23. The fraction of sp³-hybridized carbons (Fsp3) is 0.263. The second-order valence-corrected chi connectivity index (χ2v) is 8.47. The third kappa shape index (κ3) is 5.09. The van der Waals surface area contributed by atoms with Gasteiger partial charge in [-0.15, -0.1) is 21.5 Å². The minimum Gasteiger partial charge on any atom is -0.486 e. The van der Waals surface area contributed by atoms with Crippen molar-refractivity contribution in [1.82, 2.24) is 14.8 Å². The molecule has 29 heavy (non-hydrogen) atoms. The molecule has 2 heterocycles. The van der Waals surface area contributed by atoms with E-state index in [0.29, 0.717) is 27.3 Å². The van der Waals surface area contributed by atoms with Crippen molar-refractivity contribution in [1.29, 1.82) is 5.26 Å². The van der Waals surface area contributed by atoms with Crippen LogP contribution in [-0.4, -0.2) is 26.4 Å². The fourth-order valence-corrected chi connectivity index (χ4v) is 4.11. The van der Waals surface area contributed by atoms with Crippen LogP contribution < -0.4 is 10.1 Å². The van der Waals surface area contributed by atoms with Crippen LogP contribution in [0.5, 0.6) is 5.75 Å². The third-order valence-corrected chi connectivity index (χ3v) is 6.52. The first kappa shape index (κ1) is 21.2. The molecular formula is C19H18ClN5O2S2. The number of carbonyl (C=O) groups is 1. The lowest BCUT2D eigenvalue weighted by molar-refractivity contribution is -0.113. The number of thiophene rings is 1. The predicted molar refractivity (Wildman–Crippen MR) is 115 cm³/mol. The Morgan fingerprint density at radius 1 is 1.38 bits per heavy atom. The molecule has 150 valence electrons.